The second-order valence-electron chi connectivity index (χ2n) is 5.15. The first-order chi connectivity index (χ1) is 11.0. The van der Waals surface area contributed by atoms with Gasteiger partial charge in [0.2, 0.25) is 0 Å². The monoisotopic (exact) mass is 313 g/mol. The van der Waals surface area contributed by atoms with Crippen molar-refractivity contribution in [2.24, 2.45) is 5.84 Å². The van der Waals surface area contributed by atoms with Gasteiger partial charge in [0.05, 0.1) is 0 Å². The van der Waals surface area contributed by atoms with Crippen molar-refractivity contribution in [3.05, 3.63) is 59.2 Å². The second-order valence-corrected chi connectivity index (χ2v) is 5.15. The maximum Gasteiger partial charge on any atom is 0.271 e. The summed E-state index contributed by atoms with van der Waals surface area (Å²) in [4.78, 5) is 23.2. The van der Waals surface area contributed by atoms with Gasteiger partial charge >= 0.3 is 0 Å². The van der Waals surface area contributed by atoms with Crippen LogP contribution in [0.2, 0.25) is 0 Å². The van der Waals surface area contributed by atoms with E-state index in [1.165, 1.54) is 0 Å². The molecule has 2 amide bonds. The van der Waals surface area contributed by atoms with Gasteiger partial charge in [-0.3, -0.25) is 15.0 Å². The van der Waals surface area contributed by atoms with E-state index in [-0.39, 0.29) is 12.5 Å². The molecule has 4 N–H and O–H groups in total. The molecule has 0 fully saturated rings. The lowest BCUT2D eigenvalue weighted by atomic mass is 10.1. The van der Waals surface area contributed by atoms with E-state index >= 15 is 0 Å². The number of carbonyl (C=O) groups excluding carboxylic acids is 2. The zero-order chi connectivity index (χ0) is 16.8. The number of nitrogens with one attached hydrogen (secondary N) is 2. The van der Waals surface area contributed by atoms with Gasteiger partial charge in [-0.2, -0.15) is 0 Å². The van der Waals surface area contributed by atoms with Crippen molar-refractivity contribution in [2.75, 3.05) is 11.9 Å². The van der Waals surface area contributed by atoms with Crippen LogP contribution >= 0.6 is 0 Å². The van der Waals surface area contributed by atoms with E-state index in [2.05, 4.69) is 5.32 Å². The highest BCUT2D eigenvalue weighted by Crippen LogP contribution is 2.18. The van der Waals surface area contributed by atoms with Gasteiger partial charge in [0.15, 0.2) is 6.61 Å². The Balaban J connectivity index is 2.01. The normalized spacial score (nSPS) is 10.0. The van der Waals surface area contributed by atoms with Crippen LogP contribution < -0.4 is 21.3 Å². The topological polar surface area (TPSA) is 93.4 Å². The first kappa shape index (κ1) is 16.5. The van der Waals surface area contributed by atoms with Gasteiger partial charge in [-0.15, -0.1) is 0 Å². The van der Waals surface area contributed by atoms with Gasteiger partial charge in [-0.1, -0.05) is 17.7 Å². The number of benzene rings is 2. The van der Waals surface area contributed by atoms with Crippen molar-refractivity contribution >= 4 is 17.5 Å². The fourth-order valence-corrected chi connectivity index (χ4v) is 2.04. The van der Waals surface area contributed by atoms with Crippen LogP contribution in [0, 0.1) is 13.8 Å². The summed E-state index contributed by atoms with van der Waals surface area (Å²) >= 11 is 0. The van der Waals surface area contributed by atoms with Gasteiger partial charge < -0.3 is 10.1 Å². The Morgan fingerprint density at radius 1 is 1.09 bits per heavy atom. The van der Waals surface area contributed by atoms with E-state index in [9.17, 15) is 9.59 Å². The number of aryl methyl sites for hydroxylation is 2. The average Bonchev–Trinajstić information content (AvgIpc) is 2.55. The van der Waals surface area contributed by atoms with Crippen LogP contribution in [0.15, 0.2) is 42.5 Å². The first-order valence-electron chi connectivity index (χ1n) is 7.10. The van der Waals surface area contributed by atoms with Crippen molar-refractivity contribution in [1.29, 1.82) is 0 Å². The molecule has 0 unspecified atom stereocenters. The maximum atomic E-state index is 12.2. The first-order valence-corrected chi connectivity index (χ1v) is 7.10. The fourth-order valence-electron chi connectivity index (χ4n) is 2.04. The van der Waals surface area contributed by atoms with Crippen molar-refractivity contribution in [3.8, 4) is 5.75 Å². The standard InChI is InChI=1S/C17H19N3O3/c1-11-3-8-15(12(2)9-11)19-17(22)13-4-6-14(7-5-13)23-10-16(21)20-18/h3-9H,10,18H2,1-2H3,(H,19,22)(H,20,21). The van der Waals surface area contributed by atoms with Crippen LogP contribution in [0.3, 0.4) is 0 Å². The molecule has 0 heterocycles. The van der Waals surface area contributed by atoms with Crippen molar-refractivity contribution < 1.29 is 14.3 Å². The number of anilines is 1. The summed E-state index contributed by atoms with van der Waals surface area (Å²) in [7, 11) is 0. The molecule has 0 aromatic heterocycles. The van der Waals surface area contributed by atoms with Crippen molar-refractivity contribution in [2.45, 2.75) is 13.8 Å². The molecule has 0 radical (unpaired) electrons. The Morgan fingerprint density at radius 2 is 1.78 bits per heavy atom. The summed E-state index contributed by atoms with van der Waals surface area (Å²) in [6.07, 6.45) is 0. The molecular weight excluding hydrogens is 294 g/mol. The van der Waals surface area contributed by atoms with Gasteiger partial charge in [-0.05, 0) is 49.7 Å². The molecule has 120 valence electrons. The number of amides is 2. The van der Waals surface area contributed by atoms with Crippen LogP contribution in [0.25, 0.3) is 0 Å². The molecule has 0 bridgehead atoms. The zero-order valence-corrected chi connectivity index (χ0v) is 13.1. The van der Waals surface area contributed by atoms with Crippen molar-refractivity contribution in [3.63, 3.8) is 0 Å². The Labute approximate surface area is 134 Å². The summed E-state index contributed by atoms with van der Waals surface area (Å²) in [5, 5.41) is 2.87. The minimum Gasteiger partial charge on any atom is -0.484 e. The van der Waals surface area contributed by atoms with E-state index in [1.807, 2.05) is 37.5 Å². The Bertz CT molecular complexity index is 712. The lowest BCUT2D eigenvalue weighted by Crippen LogP contribution is -2.34. The molecule has 0 saturated heterocycles. The van der Waals surface area contributed by atoms with Crippen LogP contribution in [0.5, 0.6) is 5.75 Å². The van der Waals surface area contributed by atoms with Crippen LogP contribution in [0.4, 0.5) is 5.69 Å². The van der Waals surface area contributed by atoms with Gasteiger partial charge in [0, 0.05) is 11.3 Å². The molecule has 0 spiro atoms. The van der Waals surface area contributed by atoms with E-state index in [0.717, 1.165) is 16.8 Å². The molecule has 0 atom stereocenters. The second kappa shape index (κ2) is 7.42. The number of ether oxygens (including phenoxy) is 1. The van der Waals surface area contributed by atoms with Gasteiger partial charge in [0.25, 0.3) is 11.8 Å². The molecule has 2 aromatic carbocycles. The maximum absolute atomic E-state index is 12.2. The quantitative estimate of drug-likeness (QED) is 0.446. The SMILES string of the molecule is Cc1ccc(NC(=O)c2ccc(OCC(=O)NN)cc2)c(C)c1. The number of nitrogens with two attached hydrogens (primary N) is 1. The minimum atomic E-state index is -0.429. The number of rotatable bonds is 5. The number of carbonyl (C=O) groups is 2. The summed E-state index contributed by atoms with van der Waals surface area (Å²) in [6.45, 7) is 3.77. The average molecular weight is 313 g/mol. The molecular formula is C17H19N3O3. The van der Waals surface area contributed by atoms with E-state index < -0.39 is 5.91 Å². The lowest BCUT2D eigenvalue weighted by molar-refractivity contribution is -0.123. The van der Waals surface area contributed by atoms with Gasteiger partial charge in [0.1, 0.15) is 5.75 Å². The molecule has 6 heteroatoms. The molecule has 0 saturated carbocycles. The molecule has 2 aromatic rings. The van der Waals surface area contributed by atoms with Crippen LogP contribution in [-0.4, -0.2) is 18.4 Å². The summed E-state index contributed by atoms with van der Waals surface area (Å²) in [6, 6.07) is 12.4. The molecule has 23 heavy (non-hydrogen) atoms. The molecule has 2 rings (SSSR count). The number of hydrogen-bond acceptors (Lipinski definition) is 4. The predicted octanol–water partition coefficient (Wildman–Crippen LogP) is 1.92. The third kappa shape index (κ3) is 4.55. The summed E-state index contributed by atoms with van der Waals surface area (Å²) in [5.41, 5.74) is 5.40. The van der Waals surface area contributed by atoms with E-state index in [4.69, 9.17) is 10.6 Å². The molecule has 6 nitrogen and oxygen atoms in total. The fraction of sp³-hybridized carbons (Fsp3) is 0.176. The van der Waals surface area contributed by atoms with Crippen molar-refractivity contribution in [1.82, 2.24) is 5.43 Å². The summed E-state index contributed by atoms with van der Waals surface area (Å²) in [5.74, 6) is 4.81. The number of hydrazine groups is 1. The van der Waals surface area contributed by atoms with E-state index in [0.29, 0.717) is 11.3 Å². The Kier molecular flexibility index (Phi) is 5.32. The van der Waals surface area contributed by atoms with Crippen LogP contribution in [0.1, 0.15) is 21.5 Å². The largest absolute Gasteiger partial charge is 0.484 e. The zero-order valence-electron chi connectivity index (χ0n) is 13.1. The summed E-state index contributed by atoms with van der Waals surface area (Å²) < 4.78 is 5.22. The number of hydrogen-bond donors (Lipinski definition) is 3. The third-order valence-corrected chi connectivity index (χ3v) is 3.28. The Hall–Kier alpha value is -2.86. The smallest absolute Gasteiger partial charge is 0.271 e. The highest BCUT2D eigenvalue weighted by atomic mass is 16.5. The Morgan fingerprint density at radius 3 is 2.39 bits per heavy atom. The molecule has 0 aliphatic heterocycles. The molecule has 0 aliphatic carbocycles. The van der Waals surface area contributed by atoms with Gasteiger partial charge in [-0.25, -0.2) is 5.84 Å². The highest BCUT2D eigenvalue weighted by Gasteiger charge is 2.08. The third-order valence-electron chi connectivity index (χ3n) is 3.28. The minimum absolute atomic E-state index is 0.176. The molecule has 0 aliphatic rings. The predicted molar refractivity (Wildman–Crippen MR) is 88.1 cm³/mol. The van der Waals surface area contributed by atoms with Crippen LogP contribution in [-0.2, 0) is 4.79 Å². The highest BCUT2D eigenvalue weighted by molar-refractivity contribution is 6.04. The lowest BCUT2D eigenvalue weighted by Gasteiger charge is -2.10. The van der Waals surface area contributed by atoms with E-state index in [1.54, 1.807) is 24.3 Å².